The van der Waals surface area contributed by atoms with Crippen LogP contribution in [0.1, 0.15) is 25.0 Å². The van der Waals surface area contributed by atoms with Gasteiger partial charge in [0.05, 0.1) is 0 Å². The largest absolute Gasteiger partial charge is 0.436 e. The Morgan fingerprint density at radius 2 is 2.10 bits per heavy atom. The molecule has 0 aliphatic rings. The highest BCUT2D eigenvalue weighted by Gasteiger charge is 2.10. The average Bonchev–Trinajstić information content (AvgIpc) is 2.42. The van der Waals surface area contributed by atoms with Crippen LogP contribution in [0.4, 0.5) is 4.39 Å². The maximum Gasteiger partial charge on any atom is 0.223 e. The number of nitrogens with one attached hydrogen (secondary N) is 1. The van der Waals surface area contributed by atoms with Crippen LogP contribution >= 0.6 is 0 Å². The van der Waals surface area contributed by atoms with Gasteiger partial charge < -0.3 is 10.1 Å². The van der Waals surface area contributed by atoms with E-state index in [4.69, 9.17) is 4.74 Å². The summed E-state index contributed by atoms with van der Waals surface area (Å²) in [5, 5.41) is 3.30. The molecule has 0 saturated heterocycles. The zero-order valence-corrected chi connectivity index (χ0v) is 12.0. The van der Waals surface area contributed by atoms with Crippen LogP contribution in [0, 0.1) is 12.7 Å². The molecule has 0 bridgehead atoms. The standard InChI is InChI=1S/C16H19FN2O/c1-11(2)19-10-13-5-4-8-18-16(13)20-15-9-12(3)6-7-14(15)17/h4-9,11,19H,10H2,1-3H3. The molecule has 0 amide bonds. The van der Waals surface area contributed by atoms with Crippen molar-refractivity contribution in [2.75, 3.05) is 0 Å². The highest BCUT2D eigenvalue weighted by Crippen LogP contribution is 2.26. The molecular formula is C16H19FN2O. The van der Waals surface area contributed by atoms with Gasteiger partial charge in [-0.3, -0.25) is 0 Å². The van der Waals surface area contributed by atoms with Gasteiger partial charge in [0.15, 0.2) is 11.6 Å². The van der Waals surface area contributed by atoms with Crippen molar-refractivity contribution in [3.05, 3.63) is 53.5 Å². The minimum absolute atomic E-state index is 0.203. The Bertz CT molecular complexity index is 584. The summed E-state index contributed by atoms with van der Waals surface area (Å²) in [6.07, 6.45) is 1.64. The summed E-state index contributed by atoms with van der Waals surface area (Å²) in [6, 6.07) is 8.91. The van der Waals surface area contributed by atoms with Crippen molar-refractivity contribution in [2.45, 2.75) is 33.4 Å². The van der Waals surface area contributed by atoms with Gasteiger partial charge in [0, 0.05) is 24.3 Å². The van der Waals surface area contributed by atoms with Crippen molar-refractivity contribution in [1.29, 1.82) is 0 Å². The highest BCUT2D eigenvalue weighted by molar-refractivity contribution is 5.35. The zero-order chi connectivity index (χ0) is 14.5. The van der Waals surface area contributed by atoms with Crippen LogP contribution in [0.5, 0.6) is 11.6 Å². The monoisotopic (exact) mass is 274 g/mol. The Labute approximate surface area is 118 Å². The second kappa shape index (κ2) is 6.48. The van der Waals surface area contributed by atoms with Crippen molar-refractivity contribution in [3.63, 3.8) is 0 Å². The van der Waals surface area contributed by atoms with Crippen LogP contribution in [-0.2, 0) is 6.54 Å². The van der Waals surface area contributed by atoms with Gasteiger partial charge in [0.2, 0.25) is 5.88 Å². The zero-order valence-electron chi connectivity index (χ0n) is 12.0. The second-order valence-corrected chi connectivity index (χ2v) is 5.04. The molecule has 4 heteroatoms. The minimum Gasteiger partial charge on any atom is -0.436 e. The van der Waals surface area contributed by atoms with Crippen LogP contribution in [0.25, 0.3) is 0 Å². The molecule has 0 radical (unpaired) electrons. The highest BCUT2D eigenvalue weighted by atomic mass is 19.1. The fraction of sp³-hybridized carbons (Fsp3) is 0.312. The van der Waals surface area contributed by atoms with Crippen LogP contribution in [0.2, 0.25) is 0 Å². The van der Waals surface area contributed by atoms with E-state index in [1.54, 1.807) is 18.3 Å². The van der Waals surface area contributed by atoms with Gasteiger partial charge >= 0.3 is 0 Å². The third-order valence-electron chi connectivity index (χ3n) is 2.84. The molecule has 0 aliphatic carbocycles. The molecule has 0 spiro atoms. The molecule has 106 valence electrons. The van der Waals surface area contributed by atoms with E-state index in [9.17, 15) is 4.39 Å². The van der Waals surface area contributed by atoms with Gasteiger partial charge in [0.25, 0.3) is 0 Å². The van der Waals surface area contributed by atoms with Crippen molar-refractivity contribution >= 4 is 0 Å². The molecule has 0 saturated carbocycles. The molecule has 1 aromatic carbocycles. The van der Waals surface area contributed by atoms with E-state index >= 15 is 0 Å². The fourth-order valence-electron chi connectivity index (χ4n) is 1.76. The molecule has 0 aliphatic heterocycles. The van der Waals surface area contributed by atoms with Gasteiger partial charge in [-0.05, 0) is 30.7 Å². The summed E-state index contributed by atoms with van der Waals surface area (Å²) in [7, 11) is 0. The molecule has 1 aromatic heterocycles. The van der Waals surface area contributed by atoms with Crippen LogP contribution < -0.4 is 10.1 Å². The SMILES string of the molecule is Cc1ccc(F)c(Oc2ncccc2CNC(C)C)c1. The Morgan fingerprint density at radius 3 is 2.85 bits per heavy atom. The number of nitrogens with zero attached hydrogens (tertiary/aromatic N) is 1. The molecule has 0 atom stereocenters. The van der Waals surface area contributed by atoms with Gasteiger partial charge in [-0.1, -0.05) is 26.0 Å². The Hall–Kier alpha value is -1.94. The van der Waals surface area contributed by atoms with E-state index in [-0.39, 0.29) is 11.6 Å². The van der Waals surface area contributed by atoms with E-state index in [0.29, 0.717) is 18.5 Å². The quantitative estimate of drug-likeness (QED) is 0.900. The molecule has 0 unspecified atom stereocenters. The summed E-state index contributed by atoms with van der Waals surface area (Å²) < 4.78 is 19.4. The predicted molar refractivity (Wildman–Crippen MR) is 77.4 cm³/mol. The van der Waals surface area contributed by atoms with Crippen molar-refractivity contribution in [1.82, 2.24) is 10.3 Å². The molecule has 2 rings (SSSR count). The lowest BCUT2D eigenvalue weighted by atomic mass is 10.2. The number of rotatable bonds is 5. The van der Waals surface area contributed by atoms with Crippen molar-refractivity contribution in [3.8, 4) is 11.6 Å². The second-order valence-electron chi connectivity index (χ2n) is 5.04. The minimum atomic E-state index is -0.385. The third kappa shape index (κ3) is 3.78. The first-order valence-corrected chi connectivity index (χ1v) is 6.67. The van der Waals surface area contributed by atoms with E-state index in [1.807, 2.05) is 19.1 Å². The Morgan fingerprint density at radius 1 is 1.30 bits per heavy atom. The van der Waals surface area contributed by atoms with Gasteiger partial charge in [-0.25, -0.2) is 9.37 Å². The predicted octanol–water partition coefficient (Wildman–Crippen LogP) is 3.82. The van der Waals surface area contributed by atoms with Gasteiger partial charge in [-0.15, -0.1) is 0 Å². The first-order valence-electron chi connectivity index (χ1n) is 6.67. The molecule has 20 heavy (non-hydrogen) atoms. The lowest BCUT2D eigenvalue weighted by Crippen LogP contribution is -2.22. The summed E-state index contributed by atoms with van der Waals surface area (Å²) in [5.74, 6) is 0.253. The van der Waals surface area contributed by atoms with E-state index in [1.165, 1.54) is 6.07 Å². The lowest BCUT2D eigenvalue weighted by Gasteiger charge is -2.13. The Balaban J connectivity index is 2.22. The van der Waals surface area contributed by atoms with Crippen molar-refractivity contribution in [2.24, 2.45) is 0 Å². The van der Waals surface area contributed by atoms with Crippen LogP contribution in [-0.4, -0.2) is 11.0 Å². The average molecular weight is 274 g/mol. The first kappa shape index (κ1) is 14.5. The summed E-state index contributed by atoms with van der Waals surface area (Å²) in [5.41, 5.74) is 1.85. The number of hydrogen-bond acceptors (Lipinski definition) is 3. The number of hydrogen-bond donors (Lipinski definition) is 1. The molecule has 3 nitrogen and oxygen atoms in total. The number of aryl methyl sites for hydroxylation is 1. The Kier molecular flexibility index (Phi) is 4.69. The van der Waals surface area contributed by atoms with Gasteiger partial charge in [0.1, 0.15) is 0 Å². The first-order chi connectivity index (χ1) is 9.56. The van der Waals surface area contributed by atoms with Crippen LogP contribution in [0.3, 0.4) is 0 Å². The lowest BCUT2D eigenvalue weighted by molar-refractivity contribution is 0.418. The van der Waals surface area contributed by atoms with Gasteiger partial charge in [-0.2, -0.15) is 0 Å². The van der Waals surface area contributed by atoms with E-state index < -0.39 is 0 Å². The topological polar surface area (TPSA) is 34.1 Å². The third-order valence-corrected chi connectivity index (χ3v) is 2.84. The molecule has 1 N–H and O–H groups in total. The number of aromatic nitrogens is 1. The van der Waals surface area contributed by atoms with Crippen LogP contribution in [0.15, 0.2) is 36.5 Å². The number of ether oxygens (including phenoxy) is 1. The number of pyridine rings is 1. The summed E-state index contributed by atoms with van der Waals surface area (Å²) in [4.78, 5) is 4.19. The van der Waals surface area contributed by atoms with E-state index in [2.05, 4.69) is 24.1 Å². The van der Waals surface area contributed by atoms with Crippen molar-refractivity contribution < 1.29 is 9.13 Å². The van der Waals surface area contributed by atoms with E-state index in [0.717, 1.165) is 11.1 Å². The summed E-state index contributed by atoms with van der Waals surface area (Å²) >= 11 is 0. The maximum atomic E-state index is 13.7. The normalized spacial score (nSPS) is 10.8. The maximum absolute atomic E-state index is 13.7. The molecule has 1 heterocycles. The number of benzene rings is 1. The fourth-order valence-corrected chi connectivity index (χ4v) is 1.76. The molecule has 0 fully saturated rings. The smallest absolute Gasteiger partial charge is 0.223 e. The number of halogens is 1. The molecule has 2 aromatic rings. The summed E-state index contributed by atoms with van der Waals surface area (Å²) in [6.45, 7) is 6.66. The molecular weight excluding hydrogens is 255 g/mol.